The van der Waals surface area contributed by atoms with Crippen LogP contribution in [0.2, 0.25) is 0 Å². The number of hydrogen-bond acceptors (Lipinski definition) is 5. The first-order valence-electron chi connectivity index (χ1n) is 9.02. The van der Waals surface area contributed by atoms with Gasteiger partial charge in [0.1, 0.15) is 0 Å². The molecule has 2 heterocycles. The lowest BCUT2D eigenvalue weighted by Crippen LogP contribution is -2.53. The van der Waals surface area contributed by atoms with Crippen LogP contribution in [-0.4, -0.2) is 27.2 Å². The topological polar surface area (TPSA) is 79.5 Å². The maximum Gasteiger partial charge on any atom is 0.427 e. The first-order chi connectivity index (χ1) is 13.8. The normalized spacial score (nSPS) is 20.4. The number of halogens is 3. The molecule has 1 aliphatic carbocycles. The van der Waals surface area contributed by atoms with E-state index in [0.29, 0.717) is 5.56 Å². The first kappa shape index (κ1) is 19.2. The molecule has 0 unspecified atom stereocenters. The molecule has 1 atom stereocenters. The predicted molar refractivity (Wildman–Crippen MR) is 99.5 cm³/mol. The van der Waals surface area contributed by atoms with Gasteiger partial charge in [-0.15, -0.1) is 0 Å². The molecule has 2 N–H and O–H groups in total. The van der Waals surface area contributed by atoms with E-state index in [-0.39, 0.29) is 41.6 Å². The van der Waals surface area contributed by atoms with Crippen LogP contribution in [0.4, 0.5) is 18.9 Å². The largest absolute Gasteiger partial charge is 0.427 e. The second-order valence-corrected chi connectivity index (χ2v) is 7.05. The third-order valence-corrected chi connectivity index (χ3v) is 4.87. The Bertz CT molecular complexity index is 1090. The van der Waals surface area contributed by atoms with Crippen molar-refractivity contribution in [2.24, 2.45) is 10.9 Å². The molecular weight excluding hydrogens is 385 g/mol. The Morgan fingerprint density at radius 3 is 2.76 bits per heavy atom. The van der Waals surface area contributed by atoms with Crippen LogP contribution in [0.25, 0.3) is 0 Å². The van der Waals surface area contributed by atoms with Crippen LogP contribution in [0.5, 0.6) is 0 Å². The van der Waals surface area contributed by atoms with E-state index in [0.717, 1.165) is 19.2 Å². The minimum atomic E-state index is -4.64. The summed E-state index contributed by atoms with van der Waals surface area (Å²) in [6.07, 6.45) is -0.694. The van der Waals surface area contributed by atoms with Gasteiger partial charge in [-0.3, -0.25) is 9.36 Å². The molecule has 4 rings (SSSR count). The van der Waals surface area contributed by atoms with E-state index < -0.39 is 11.7 Å². The zero-order valence-electron chi connectivity index (χ0n) is 15.2. The quantitative estimate of drug-likeness (QED) is 0.772. The maximum atomic E-state index is 14.0. The fourth-order valence-corrected chi connectivity index (χ4v) is 3.09. The Labute approximate surface area is 164 Å². The third kappa shape index (κ3) is 3.63. The second kappa shape index (κ2) is 7.04. The van der Waals surface area contributed by atoms with Gasteiger partial charge in [0, 0.05) is 17.5 Å². The van der Waals surface area contributed by atoms with Crippen LogP contribution < -0.4 is 10.9 Å². The van der Waals surface area contributed by atoms with E-state index in [1.165, 1.54) is 35.2 Å². The zero-order valence-corrected chi connectivity index (χ0v) is 15.2. The SMILES string of the molecule is O=c1cc(CO)ncn1Cc1ccc2c(c1)N=CN[C@]2(C#CC1CC1)C(F)(F)F. The van der Waals surface area contributed by atoms with Crippen molar-refractivity contribution >= 4 is 12.0 Å². The summed E-state index contributed by atoms with van der Waals surface area (Å²) in [7, 11) is 0. The number of nitrogens with zero attached hydrogens (tertiary/aromatic N) is 3. The van der Waals surface area contributed by atoms with Gasteiger partial charge in [-0.2, -0.15) is 13.2 Å². The number of alkyl halides is 3. The monoisotopic (exact) mass is 402 g/mol. The van der Waals surface area contributed by atoms with Crippen molar-refractivity contribution in [3.05, 3.63) is 57.8 Å². The summed E-state index contributed by atoms with van der Waals surface area (Å²) < 4.78 is 43.4. The summed E-state index contributed by atoms with van der Waals surface area (Å²) in [6, 6.07) is 5.60. The van der Waals surface area contributed by atoms with Crippen LogP contribution in [0.15, 0.2) is 40.4 Å². The van der Waals surface area contributed by atoms with E-state index in [1.54, 1.807) is 0 Å². The smallest absolute Gasteiger partial charge is 0.390 e. The van der Waals surface area contributed by atoms with E-state index in [4.69, 9.17) is 5.11 Å². The Balaban J connectivity index is 1.71. The first-order valence-corrected chi connectivity index (χ1v) is 9.02. The Hall–Kier alpha value is -3.12. The number of aromatic nitrogens is 2. The second-order valence-electron chi connectivity index (χ2n) is 7.05. The summed E-state index contributed by atoms with van der Waals surface area (Å²) in [6.45, 7) is -0.238. The summed E-state index contributed by atoms with van der Waals surface area (Å²) >= 11 is 0. The lowest BCUT2D eigenvalue weighted by molar-refractivity contribution is -0.177. The molecule has 0 amide bonds. The van der Waals surface area contributed by atoms with Gasteiger partial charge in [0.2, 0.25) is 5.54 Å². The summed E-state index contributed by atoms with van der Waals surface area (Å²) in [5.41, 5.74) is -1.95. The highest BCUT2D eigenvalue weighted by Crippen LogP contribution is 2.44. The number of aliphatic hydroxyl groups is 1. The molecule has 1 saturated carbocycles. The molecule has 2 aliphatic rings. The summed E-state index contributed by atoms with van der Waals surface area (Å²) in [5, 5.41) is 11.4. The number of rotatable bonds is 3. The fraction of sp³-hybridized carbons (Fsp3) is 0.350. The average molecular weight is 402 g/mol. The van der Waals surface area contributed by atoms with E-state index >= 15 is 0 Å². The molecular formula is C20H17F3N4O2. The highest BCUT2D eigenvalue weighted by molar-refractivity contribution is 5.72. The van der Waals surface area contributed by atoms with E-state index in [1.807, 2.05) is 0 Å². The highest BCUT2D eigenvalue weighted by Gasteiger charge is 2.57. The van der Waals surface area contributed by atoms with Crippen LogP contribution in [0.1, 0.15) is 29.7 Å². The molecule has 0 bridgehead atoms. The molecule has 2 aromatic rings. The van der Waals surface area contributed by atoms with Crippen molar-refractivity contribution in [3.63, 3.8) is 0 Å². The zero-order chi connectivity index (χ0) is 20.6. The predicted octanol–water partition coefficient (Wildman–Crippen LogP) is 2.22. The van der Waals surface area contributed by atoms with Crippen molar-refractivity contribution in [3.8, 4) is 11.8 Å². The summed E-state index contributed by atoms with van der Waals surface area (Å²) in [4.78, 5) is 20.1. The van der Waals surface area contributed by atoms with E-state index in [2.05, 4.69) is 27.1 Å². The fourth-order valence-electron chi connectivity index (χ4n) is 3.09. The molecule has 1 fully saturated rings. The Kier molecular flexibility index (Phi) is 4.67. The highest BCUT2D eigenvalue weighted by atomic mass is 19.4. The minimum absolute atomic E-state index is 0.0129. The number of aliphatic hydroxyl groups excluding tert-OH is 1. The average Bonchev–Trinajstić information content (AvgIpc) is 3.51. The lowest BCUT2D eigenvalue weighted by Gasteiger charge is -2.34. The van der Waals surface area contributed by atoms with Crippen molar-refractivity contribution in [2.75, 3.05) is 0 Å². The number of fused-ring (bicyclic) bond motifs is 1. The molecule has 1 aliphatic heterocycles. The van der Waals surface area contributed by atoms with Crippen molar-refractivity contribution in [2.45, 2.75) is 37.7 Å². The maximum absolute atomic E-state index is 14.0. The van der Waals surface area contributed by atoms with E-state index in [9.17, 15) is 18.0 Å². The van der Waals surface area contributed by atoms with Gasteiger partial charge in [0.25, 0.3) is 5.56 Å². The number of nitrogens with one attached hydrogen (secondary N) is 1. The van der Waals surface area contributed by atoms with Crippen LogP contribution in [-0.2, 0) is 18.7 Å². The van der Waals surface area contributed by atoms with Gasteiger partial charge in [0.05, 0.1) is 37.2 Å². The number of aliphatic imine (C=N–C) groups is 1. The molecule has 0 spiro atoms. The Morgan fingerprint density at radius 1 is 1.31 bits per heavy atom. The molecule has 150 valence electrons. The number of hydrogen-bond donors (Lipinski definition) is 2. The molecule has 1 aromatic carbocycles. The molecule has 0 saturated heterocycles. The van der Waals surface area contributed by atoms with Crippen molar-refractivity contribution in [1.29, 1.82) is 0 Å². The summed E-state index contributed by atoms with van der Waals surface area (Å²) in [5.74, 6) is 5.15. The van der Waals surface area contributed by atoms with Gasteiger partial charge in [-0.25, -0.2) is 9.98 Å². The molecule has 6 nitrogen and oxygen atoms in total. The van der Waals surface area contributed by atoms with Gasteiger partial charge in [-0.1, -0.05) is 24.0 Å². The van der Waals surface area contributed by atoms with Gasteiger partial charge >= 0.3 is 6.18 Å². The Morgan fingerprint density at radius 2 is 2.10 bits per heavy atom. The molecule has 1 aromatic heterocycles. The molecule has 0 radical (unpaired) electrons. The van der Waals surface area contributed by atoms with Crippen LogP contribution in [0, 0.1) is 17.8 Å². The lowest BCUT2D eigenvalue weighted by atomic mass is 9.86. The van der Waals surface area contributed by atoms with Gasteiger partial charge in [-0.05, 0) is 24.5 Å². The third-order valence-electron chi connectivity index (χ3n) is 4.87. The standard InChI is InChI=1S/C20H17F3N4O2/c21-20(22,23)19(6-5-13-1-2-13)16-4-3-14(7-17(16)24-11-26-19)9-27-12-25-15(10-28)8-18(27)29/h3-4,7-8,11-13,28H,1-2,9-10H2,(H,24,26)/t19-/m0/s1. The van der Waals surface area contributed by atoms with Crippen LogP contribution >= 0.6 is 0 Å². The van der Waals surface area contributed by atoms with Gasteiger partial charge < -0.3 is 10.4 Å². The van der Waals surface area contributed by atoms with Gasteiger partial charge in [0.15, 0.2) is 0 Å². The van der Waals surface area contributed by atoms with Crippen molar-refractivity contribution in [1.82, 2.24) is 14.9 Å². The van der Waals surface area contributed by atoms with Crippen molar-refractivity contribution < 1.29 is 18.3 Å². The molecule has 29 heavy (non-hydrogen) atoms. The van der Waals surface area contributed by atoms with Crippen LogP contribution in [0.3, 0.4) is 0 Å². The molecule has 9 heteroatoms. The minimum Gasteiger partial charge on any atom is -0.390 e. The number of benzene rings is 1.